The molecule has 0 aliphatic rings. The van der Waals surface area contributed by atoms with Crippen LogP contribution in [0.2, 0.25) is 0 Å². The number of nitrogens with one attached hydrogen (secondary N) is 1. The van der Waals surface area contributed by atoms with Gasteiger partial charge in [-0.3, -0.25) is 0 Å². The minimum atomic E-state index is 0.449. The summed E-state index contributed by atoms with van der Waals surface area (Å²) in [5, 5.41) is 3.57. The molecule has 0 fully saturated rings. The number of benzene rings is 1. The molecule has 78 valence electrons. The monoisotopic (exact) mass is 191 g/mol. The minimum absolute atomic E-state index is 0.449. The Hall–Kier alpha value is -0.820. The van der Waals surface area contributed by atoms with E-state index in [2.05, 4.69) is 57.3 Å². The van der Waals surface area contributed by atoms with Crippen molar-refractivity contribution in [3.63, 3.8) is 0 Å². The van der Waals surface area contributed by atoms with Crippen molar-refractivity contribution in [1.29, 1.82) is 0 Å². The van der Waals surface area contributed by atoms with Gasteiger partial charge in [0.25, 0.3) is 0 Å². The van der Waals surface area contributed by atoms with Gasteiger partial charge in [-0.05, 0) is 32.8 Å². The lowest BCUT2D eigenvalue weighted by Crippen LogP contribution is -2.28. The zero-order valence-electron chi connectivity index (χ0n) is 9.67. The van der Waals surface area contributed by atoms with Gasteiger partial charge in [0.2, 0.25) is 0 Å². The fourth-order valence-corrected chi connectivity index (χ4v) is 1.58. The molecule has 1 nitrogen and oxygen atoms in total. The largest absolute Gasteiger partial charge is 0.308 e. The summed E-state index contributed by atoms with van der Waals surface area (Å²) in [5.41, 5.74) is 2.71. The maximum Gasteiger partial charge on any atom is 0.0294 e. The van der Waals surface area contributed by atoms with Crippen LogP contribution in [0.25, 0.3) is 0 Å². The van der Waals surface area contributed by atoms with Crippen molar-refractivity contribution in [2.75, 3.05) is 0 Å². The predicted octanol–water partition coefficient (Wildman–Crippen LogP) is 3.44. The average Bonchev–Trinajstić information content (AvgIpc) is 2.17. The van der Waals surface area contributed by atoms with Gasteiger partial charge in [0, 0.05) is 12.1 Å². The number of hydrogen-bond acceptors (Lipinski definition) is 1. The second kappa shape index (κ2) is 5.16. The molecular formula is C13H21N. The van der Waals surface area contributed by atoms with Crippen LogP contribution in [0.3, 0.4) is 0 Å². The van der Waals surface area contributed by atoms with Crippen molar-refractivity contribution >= 4 is 0 Å². The quantitative estimate of drug-likeness (QED) is 0.768. The molecule has 0 saturated carbocycles. The van der Waals surface area contributed by atoms with Crippen molar-refractivity contribution in [2.24, 2.45) is 0 Å². The molecule has 1 aromatic carbocycles. The highest BCUT2D eigenvalue weighted by atomic mass is 14.9. The molecule has 0 bridgehead atoms. The first kappa shape index (κ1) is 11.3. The lowest BCUT2D eigenvalue weighted by molar-refractivity contribution is 0.469. The van der Waals surface area contributed by atoms with E-state index in [1.807, 2.05) is 0 Å². The van der Waals surface area contributed by atoms with E-state index in [-0.39, 0.29) is 0 Å². The summed E-state index contributed by atoms with van der Waals surface area (Å²) in [6.07, 6.45) is 1.18. The molecule has 2 unspecified atom stereocenters. The second-order valence-corrected chi connectivity index (χ2v) is 4.11. The van der Waals surface area contributed by atoms with Crippen LogP contribution in [0.5, 0.6) is 0 Å². The lowest BCUT2D eigenvalue weighted by atomic mass is 10.0. The van der Waals surface area contributed by atoms with Gasteiger partial charge < -0.3 is 5.32 Å². The highest BCUT2D eigenvalue weighted by Crippen LogP contribution is 2.14. The maximum absolute atomic E-state index is 3.57. The third-order valence-corrected chi connectivity index (χ3v) is 2.69. The van der Waals surface area contributed by atoms with Crippen LogP contribution in [0, 0.1) is 6.92 Å². The Morgan fingerprint density at radius 2 is 2.00 bits per heavy atom. The molecule has 0 amide bonds. The molecule has 0 aromatic heterocycles. The van der Waals surface area contributed by atoms with E-state index in [0.717, 1.165) is 0 Å². The van der Waals surface area contributed by atoms with Gasteiger partial charge in [-0.1, -0.05) is 36.8 Å². The van der Waals surface area contributed by atoms with Crippen LogP contribution in [0.1, 0.15) is 44.4 Å². The molecule has 1 N–H and O–H groups in total. The normalized spacial score (nSPS) is 15.1. The Kier molecular flexibility index (Phi) is 4.15. The predicted molar refractivity (Wildman–Crippen MR) is 62.5 cm³/mol. The summed E-state index contributed by atoms with van der Waals surface area (Å²) in [7, 11) is 0. The Morgan fingerprint density at radius 1 is 1.29 bits per heavy atom. The summed E-state index contributed by atoms with van der Waals surface area (Å²) in [4.78, 5) is 0. The van der Waals surface area contributed by atoms with Gasteiger partial charge in [0.1, 0.15) is 0 Å². The SMILES string of the molecule is CCC(C)NC(C)c1cccc(C)c1. The Balaban J connectivity index is 2.64. The molecule has 1 heteroatoms. The smallest absolute Gasteiger partial charge is 0.0294 e. The van der Waals surface area contributed by atoms with Gasteiger partial charge in [0.05, 0.1) is 0 Å². The molecule has 0 saturated heterocycles. The van der Waals surface area contributed by atoms with Crippen LogP contribution in [0.4, 0.5) is 0 Å². The van der Waals surface area contributed by atoms with Gasteiger partial charge >= 0.3 is 0 Å². The van der Waals surface area contributed by atoms with Gasteiger partial charge in [0.15, 0.2) is 0 Å². The average molecular weight is 191 g/mol. The molecular weight excluding hydrogens is 170 g/mol. The maximum atomic E-state index is 3.57. The van der Waals surface area contributed by atoms with E-state index >= 15 is 0 Å². The van der Waals surface area contributed by atoms with E-state index in [1.165, 1.54) is 17.5 Å². The summed E-state index contributed by atoms with van der Waals surface area (Å²) in [5.74, 6) is 0. The molecule has 0 aliphatic heterocycles. The number of hydrogen-bond donors (Lipinski definition) is 1. The van der Waals surface area contributed by atoms with Gasteiger partial charge in [-0.25, -0.2) is 0 Å². The number of aryl methyl sites for hydroxylation is 1. The van der Waals surface area contributed by atoms with Gasteiger partial charge in [-0.2, -0.15) is 0 Å². The highest BCUT2D eigenvalue weighted by molar-refractivity contribution is 5.24. The van der Waals surface area contributed by atoms with Crippen LogP contribution >= 0.6 is 0 Å². The van der Waals surface area contributed by atoms with Crippen molar-refractivity contribution in [3.05, 3.63) is 35.4 Å². The zero-order chi connectivity index (χ0) is 10.6. The summed E-state index contributed by atoms with van der Waals surface area (Å²) < 4.78 is 0. The molecule has 1 aromatic rings. The molecule has 14 heavy (non-hydrogen) atoms. The van der Waals surface area contributed by atoms with E-state index < -0.39 is 0 Å². The first-order valence-electron chi connectivity index (χ1n) is 5.46. The standard InChI is InChI=1S/C13H21N/c1-5-11(3)14-12(4)13-8-6-7-10(2)9-13/h6-9,11-12,14H,5H2,1-4H3. The zero-order valence-corrected chi connectivity index (χ0v) is 9.67. The third-order valence-electron chi connectivity index (χ3n) is 2.69. The van der Waals surface area contributed by atoms with E-state index in [0.29, 0.717) is 12.1 Å². The third kappa shape index (κ3) is 3.15. The lowest BCUT2D eigenvalue weighted by Gasteiger charge is -2.19. The molecule has 0 aliphatic carbocycles. The first-order valence-corrected chi connectivity index (χ1v) is 5.46. The summed E-state index contributed by atoms with van der Waals surface area (Å²) in [6, 6.07) is 9.74. The van der Waals surface area contributed by atoms with Crippen LogP contribution in [-0.2, 0) is 0 Å². The van der Waals surface area contributed by atoms with Crippen LogP contribution < -0.4 is 5.32 Å². The van der Waals surface area contributed by atoms with Crippen molar-refractivity contribution < 1.29 is 0 Å². The summed E-state index contributed by atoms with van der Waals surface area (Å²) >= 11 is 0. The molecule has 1 rings (SSSR count). The first-order chi connectivity index (χ1) is 6.63. The van der Waals surface area contributed by atoms with E-state index in [9.17, 15) is 0 Å². The highest BCUT2D eigenvalue weighted by Gasteiger charge is 2.07. The fourth-order valence-electron chi connectivity index (χ4n) is 1.58. The minimum Gasteiger partial charge on any atom is -0.308 e. The van der Waals surface area contributed by atoms with Crippen LogP contribution in [0.15, 0.2) is 24.3 Å². The van der Waals surface area contributed by atoms with Crippen LogP contribution in [-0.4, -0.2) is 6.04 Å². The summed E-state index contributed by atoms with van der Waals surface area (Å²) in [6.45, 7) is 8.80. The van der Waals surface area contributed by atoms with E-state index in [1.54, 1.807) is 0 Å². The van der Waals surface area contributed by atoms with Gasteiger partial charge in [-0.15, -0.1) is 0 Å². The van der Waals surface area contributed by atoms with Crippen molar-refractivity contribution in [2.45, 2.75) is 46.2 Å². The molecule has 0 radical (unpaired) electrons. The van der Waals surface area contributed by atoms with Crippen molar-refractivity contribution in [3.8, 4) is 0 Å². The topological polar surface area (TPSA) is 12.0 Å². The molecule has 2 atom stereocenters. The molecule has 0 spiro atoms. The Morgan fingerprint density at radius 3 is 2.57 bits per heavy atom. The Bertz CT molecular complexity index is 280. The van der Waals surface area contributed by atoms with E-state index in [4.69, 9.17) is 0 Å². The second-order valence-electron chi connectivity index (χ2n) is 4.11. The fraction of sp³-hybridized carbons (Fsp3) is 0.538. The molecule has 0 heterocycles. The Labute approximate surface area is 87.5 Å². The number of rotatable bonds is 4. The van der Waals surface area contributed by atoms with Crippen molar-refractivity contribution in [1.82, 2.24) is 5.32 Å².